The predicted octanol–water partition coefficient (Wildman–Crippen LogP) is -1.22. The molecule has 0 fully saturated rings. The molecule has 0 saturated heterocycles. The van der Waals surface area contributed by atoms with Crippen LogP contribution in [-0.2, 0) is 6.42 Å². The van der Waals surface area contributed by atoms with Gasteiger partial charge in [-0.05, 0) is 19.3 Å². The summed E-state index contributed by atoms with van der Waals surface area (Å²) in [7, 11) is 0. The molecule has 114 valence electrons. The van der Waals surface area contributed by atoms with E-state index in [1.807, 2.05) is 6.92 Å². The van der Waals surface area contributed by atoms with Crippen LogP contribution in [0.25, 0.3) is 0 Å². The quantitative estimate of drug-likeness (QED) is 0.425. The summed E-state index contributed by atoms with van der Waals surface area (Å²) in [6.07, 6.45) is -1.65. The lowest BCUT2D eigenvalue weighted by molar-refractivity contribution is -0.0791. The summed E-state index contributed by atoms with van der Waals surface area (Å²) in [6.45, 7) is 2.88. The molecule has 0 bridgehead atoms. The fourth-order valence-corrected chi connectivity index (χ4v) is 1.66. The number of aromatic nitrogens is 2. The van der Waals surface area contributed by atoms with E-state index >= 15 is 0 Å². The fourth-order valence-electron chi connectivity index (χ4n) is 1.66. The summed E-state index contributed by atoms with van der Waals surface area (Å²) in [6, 6.07) is 0. The van der Waals surface area contributed by atoms with Gasteiger partial charge >= 0.3 is 0 Å². The third kappa shape index (κ3) is 4.46. The molecule has 0 aliphatic rings. The average Bonchev–Trinajstić information content (AvgIpc) is 2.44. The third-order valence-corrected chi connectivity index (χ3v) is 3.27. The van der Waals surface area contributed by atoms with Crippen molar-refractivity contribution < 1.29 is 25.5 Å². The standard InChI is InChI=1S/C13H22N2O5/c1-7(8(2)17)3-9-4-14-5-10(15-9)12(19)13(20)11(18)6-16/h4-5,7-8,11-13,16-20H,3,6H2,1-2H3/t7-,8+,11+,12+,13+/m0/s1. The van der Waals surface area contributed by atoms with Gasteiger partial charge in [0.2, 0.25) is 0 Å². The SMILES string of the molecule is C[C@@H](O)[C@@H](C)Cc1cncc([C@@H](O)[C@H](O)[C@H](O)CO)n1. The second-order valence-corrected chi connectivity index (χ2v) is 5.04. The Bertz CT molecular complexity index is 416. The van der Waals surface area contributed by atoms with Gasteiger partial charge in [0.05, 0.1) is 30.3 Å². The molecular formula is C13H22N2O5. The third-order valence-electron chi connectivity index (χ3n) is 3.27. The molecule has 1 heterocycles. The molecule has 5 N–H and O–H groups in total. The van der Waals surface area contributed by atoms with Gasteiger partial charge in [0.15, 0.2) is 0 Å². The van der Waals surface area contributed by atoms with Crippen molar-refractivity contribution in [3.63, 3.8) is 0 Å². The molecule has 0 spiro atoms. The van der Waals surface area contributed by atoms with Crippen LogP contribution in [0, 0.1) is 5.92 Å². The largest absolute Gasteiger partial charge is 0.394 e. The summed E-state index contributed by atoms with van der Waals surface area (Å²) in [5.41, 5.74) is 0.681. The van der Waals surface area contributed by atoms with E-state index in [2.05, 4.69) is 9.97 Å². The van der Waals surface area contributed by atoms with Gasteiger partial charge in [0.25, 0.3) is 0 Å². The van der Waals surface area contributed by atoms with Gasteiger partial charge in [-0.2, -0.15) is 0 Å². The molecule has 0 saturated carbocycles. The van der Waals surface area contributed by atoms with Gasteiger partial charge in [-0.3, -0.25) is 9.97 Å². The number of aliphatic hydroxyl groups excluding tert-OH is 5. The summed E-state index contributed by atoms with van der Waals surface area (Å²) in [4.78, 5) is 8.08. The Kier molecular flexibility index (Phi) is 6.44. The molecule has 1 aromatic heterocycles. The Hall–Kier alpha value is -1.12. The maximum atomic E-state index is 9.89. The van der Waals surface area contributed by atoms with Crippen LogP contribution < -0.4 is 0 Å². The van der Waals surface area contributed by atoms with Gasteiger partial charge in [0, 0.05) is 6.20 Å². The van der Waals surface area contributed by atoms with Crippen molar-refractivity contribution in [2.75, 3.05) is 6.61 Å². The molecule has 0 amide bonds. The molecule has 1 aromatic rings. The van der Waals surface area contributed by atoms with Crippen LogP contribution in [0.1, 0.15) is 31.3 Å². The van der Waals surface area contributed by atoms with Crippen LogP contribution in [0.5, 0.6) is 0 Å². The van der Waals surface area contributed by atoms with Crippen LogP contribution >= 0.6 is 0 Å². The van der Waals surface area contributed by atoms with Crippen molar-refractivity contribution in [2.24, 2.45) is 5.92 Å². The molecule has 1 rings (SSSR count). The highest BCUT2D eigenvalue weighted by molar-refractivity contribution is 5.08. The minimum atomic E-state index is -1.54. The van der Waals surface area contributed by atoms with Crippen molar-refractivity contribution in [3.8, 4) is 0 Å². The lowest BCUT2D eigenvalue weighted by Gasteiger charge is -2.21. The Balaban J connectivity index is 2.82. The summed E-state index contributed by atoms with van der Waals surface area (Å²) in [5.74, 6) is -0.0235. The Labute approximate surface area is 117 Å². The van der Waals surface area contributed by atoms with Crippen molar-refractivity contribution in [3.05, 3.63) is 23.8 Å². The zero-order chi connectivity index (χ0) is 15.3. The first-order valence-electron chi connectivity index (χ1n) is 6.50. The fraction of sp³-hybridized carbons (Fsp3) is 0.692. The first-order valence-corrected chi connectivity index (χ1v) is 6.50. The van der Waals surface area contributed by atoms with E-state index in [9.17, 15) is 20.4 Å². The highest BCUT2D eigenvalue weighted by atomic mass is 16.4. The van der Waals surface area contributed by atoms with Crippen LogP contribution in [0.4, 0.5) is 0 Å². The molecule has 0 unspecified atom stereocenters. The van der Waals surface area contributed by atoms with Crippen molar-refractivity contribution in [2.45, 2.75) is 44.7 Å². The normalized spacial score (nSPS) is 19.1. The maximum absolute atomic E-state index is 9.89. The van der Waals surface area contributed by atoms with E-state index in [1.165, 1.54) is 12.4 Å². The minimum absolute atomic E-state index is 0.0235. The molecule has 0 aromatic carbocycles. The Morgan fingerprint density at radius 1 is 1.10 bits per heavy atom. The lowest BCUT2D eigenvalue weighted by Crippen LogP contribution is -2.35. The molecule has 5 atom stereocenters. The van der Waals surface area contributed by atoms with E-state index in [0.717, 1.165) is 0 Å². The first kappa shape index (κ1) is 16.9. The van der Waals surface area contributed by atoms with E-state index in [1.54, 1.807) is 6.92 Å². The second-order valence-electron chi connectivity index (χ2n) is 5.04. The monoisotopic (exact) mass is 286 g/mol. The number of aliphatic hydroxyl groups is 5. The van der Waals surface area contributed by atoms with E-state index in [4.69, 9.17) is 5.11 Å². The summed E-state index contributed by atoms with van der Waals surface area (Å²) in [5, 5.41) is 47.0. The molecule has 0 radical (unpaired) electrons. The minimum Gasteiger partial charge on any atom is -0.394 e. The van der Waals surface area contributed by atoms with Crippen molar-refractivity contribution >= 4 is 0 Å². The number of nitrogens with zero attached hydrogens (tertiary/aromatic N) is 2. The highest BCUT2D eigenvalue weighted by Crippen LogP contribution is 2.18. The second kappa shape index (κ2) is 7.61. The number of rotatable bonds is 7. The van der Waals surface area contributed by atoms with E-state index in [-0.39, 0.29) is 11.6 Å². The molecule has 0 aliphatic carbocycles. The molecular weight excluding hydrogens is 264 g/mol. The van der Waals surface area contributed by atoms with Gasteiger partial charge in [-0.1, -0.05) is 6.92 Å². The lowest BCUT2D eigenvalue weighted by atomic mass is 10.00. The highest BCUT2D eigenvalue weighted by Gasteiger charge is 2.27. The summed E-state index contributed by atoms with van der Waals surface area (Å²) < 4.78 is 0. The predicted molar refractivity (Wildman–Crippen MR) is 70.6 cm³/mol. The summed E-state index contributed by atoms with van der Waals surface area (Å²) >= 11 is 0. The Morgan fingerprint density at radius 3 is 2.30 bits per heavy atom. The number of hydrogen-bond donors (Lipinski definition) is 5. The topological polar surface area (TPSA) is 127 Å². The average molecular weight is 286 g/mol. The zero-order valence-corrected chi connectivity index (χ0v) is 11.6. The van der Waals surface area contributed by atoms with E-state index in [0.29, 0.717) is 12.1 Å². The van der Waals surface area contributed by atoms with Crippen LogP contribution in [0.3, 0.4) is 0 Å². The number of hydrogen-bond acceptors (Lipinski definition) is 7. The van der Waals surface area contributed by atoms with E-state index < -0.39 is 31.0 Å². The molecule has 0 aliphatic heterocycles. The van der Waals surface area contributed by atoms with Crippen molar-refractivity contribution in [1.82, 2.24) is 9.97 Å². The van der Waals surface area contributed by atoms with Gasteiger partial charge < -0.3 is 25.5 Å². The first-order chi connectivity index (χ1) is 9.36. The van der Waals surface area contributed by atoms with Crippen LogP contribution in [0.2, 0.25) is 0 Å². The maximum Gasteiger partial charge on any atom is 0.126 e. The van der Waals surface area contributed by atoms with Crippen molar-refractivity contribution in [1.29, 1.82) is 0 Å². The van der Waals surface area contributed by atoms with Gasteiger partial charge in [-0.25, -0.2) is 0 Å². The van der Waals surface area contributed by atoms with Crippen LogP contribution in [0.15, 0.2) is 12.4 Å². The molecule has 7 heteroatoms. The zero-order valence-electron chi connectivity index (χ0n) is 11.6. The smallest absolute Gasteiger partial charge is 0.126 e. The molecule has 20 heavy (non-hydrogen) atoms. The van der Waals surface area contributed by atoms with Crippen LogP contribution in [-0.4, -0.2) is 60.4 Å². The van der Waals surface area contributed by atoms with Gasteiger partial charge in [-0.15, -0.1) is 0 Å². The Morgan fingerprint density at radius 2 is 1.75 bits per heavy atom. The molecule has 7 nitrogen and oxygen atoms in total. The van der Waals surface area contributed by atoms with Gasteiger partial charge in [0.1, 0.15) is 18.3 Å².